The van der Waals surface area contributed by atoms with Crippen molar-refractivity contribution in [2.75, 3.05) is 20.8 Å². The van der Waals surface area contributed by atoms with Crippen LogP contribution in [0.15, 0.2) is 24.3 Å². The Kier molecular flexibility index (Phi) is 6.04. The molecule has 2 unspecified atom stereocenters. The van der Waals surface area contributed by atoms with Crippen molar-refractivity contribution < 1.29 is 14.6 Å². The molecule has 2 rings (SSSR count). The largest absolute Gasteiger partial charge is 0.497 e. The first kappa shape index (κ1) is 17.8. The third kappa shape index (κ3) is 4.25. The van der Waals surface area contributed by atoms with Crippen LogP contribution in [0.3, 0.4) is 0 Å². The predicted octanol–water partition coefficient (Wildman–Crippen LogP) is 3.77. The number of hydrogen-bond donors (Lipinski definition) is 2. The summed E-state index contributed by atoms with van der Waals surface area (Å²) in [7, 11) is 3.21. The molecule has 23 heavy (non-hydrogen) atoms. The van der Waals surface area contributed by atoms with Crippen molar-refractivity contribution in [2.45, 2.75) is 32.9 Å². The van der Waals surface area contributed by atoms with Gasteiger partial charge in [-0.1, -0.05) is 0 Å². The molecule has 0 amide bonds. The molecule has 0 aliphatic carbocycles. The first-order valence-electron chi connectivity index (χ1n) is 7.66. The smallest absolute Gasteiger partial charge is 0.124 e. The number of rotatable bonds is 7. The maximum atomic E-state index is 10.5. The van der Waals surface area contributed by atoms with Crippen LogP contribution in [-0.2, 0) is 0 Å². The van der Waals surface area contributed by atoms with Crippen LogP contribution in [0.25, 0.3) is 0 Å². The molecule has 4 nitrogen and oxygen atoms in total. The van der Waals surface area contributed by atoms with Gasteiger partial charge >= 0.3 is 0 Å². The molecule has 0 radical (unpaired) electrons. The first-order chi connectivity index (χ1) is 11.0. The average Bonchev–Trinajstić information content (AvgIpc) is 2.90. The third-order valence-corrected chi connectivity index (χ3v) is 4.94. The van der Waals surface area contributed by atoms with Crippen molar-refractivity contribution in [1.82, 2.24) is 5.32 Å². The standard InChI is InChI=1S/C18H25NO3S/c1-11-8-15(13(3)23-11)12(2)19-10-17(20)16-9-14(21-4)6-7-18(16)22-5/h6-9,12,17,19-20H,10H2,1-5H3. The summed E-state index contributed by atoms with van der Waals surface area (Å²) in [5.41, 5.74) is 2.02. The molecule has 0 bridgehead atoms. The maximum absolute atomic E-state index is 10.5. The zero-order valence-corrected chi connectivity index (χ0v) is 15.2. The van der Waals surface area contributed by atoms with Crippen LogP contribution in [0.1, 0.15) is 40.0 Å². The highest BCUT2D eigenvalue weighted by Gasteiger charge is 2.17. The fourth-order valence-corrected chi connectivity index (χ4v) is 3.71. The van der Waals surface area contributed by atoms with Crippen molar-refractivity contribution in [2.24, 2.45) is 0 Å². The lowest BCUT2D eigenvalue weighted by Gasteiger charge is -2.19. The molecule has 0 fully saturated rings. The zero-order chi connectivity index (χ0) is 17.0. The number of ether oxygens (including phenoxy) is 2. The number of aryl methyl sites for hydroxylation is 2. The number of thiophene rings is 1. The summed E-state index contributed by atoms with van der Waals surface area (Å²) in [6.45, 7) is 6.81. The van der Waals surface area contributed by atoms with E-state index >= 15 is 0 Å². The van der Waals surface area contributed by atoms with Crippen LogP contribution in [0.5, 0.6) is 11.5 Å². The lowest BCUT2D eigenvalue weighted by molar-refractivity contribution is 0.166. The second-order valence-electron chi connectivity index (χ2n) is 5.62. The lowest BCUT2D eigenvalue weighted by Crippen LogP contribution is -2.25. The van der Waals surface area contributed by atoms with Crippen LogP contribution in [0.2, 0.25) is 0 Å². The molecule has 0 aliphatic rings. The lowest BCUT2D eigenvalue weighted by atomic mass is 10.1. The molecule has 0 saturated carbocycles. The maximum Gasteiger partial charge on any atom is 0.124 e. The number of nitrogens with one attached hydrogen (secondary N) is 1. The van der Waals surface area contributed by atoms with E-state index in [4.69, 9.17) is 9.47 Å². The summed E-state index contributed by atoms with van der Waals surface area (Å²) < 4.78 is 10.6. The van der Waals surface area contributed by atoms with E-state index < -0.39 is 6.10 Å². The van der Waals surface area contributed by atoms with Gasteiger partial charge in [0, 0.05) is 27.9 Å². The van der Waals surface area contributed by atoms with E-state index in [9.17, 15) is 5.11 Å². The van der Waals surface area contributed by atoms with Crippen LogP contribution in [0.4, 0.5) is 0 Å². The highest BCUT2D eigenvalue weighted by molar-refractivity contribution is 7.12. The molecular weight excluding hydrogens is 310 g/mol. The van der Waals surface area contributed by atoms with Gasteiger partial charge in [-0.05, 0) is 50.6 Å². The topological polar surface area (TPSA) is 50.7 Å². The summed E-state index contributed by atoms with van der Waals surface area (Å²) in [6.07, 6.45) is -0.664. The molecule has 1 heterocycles. The van der Waals surface area contributed by atoms with Crippen LogP contribution >= 0.6 is 11.3 Å². The second kappa shape index (κ2) is 7.81. The number of hydrogen-bond acceptors (Lipinski definition) is 5. The Morgan fingerprint density at radius 1 is 1.13 bits per heavy atom. The van der Waals surface area contributed by atoms with E-state index in [0.29, 0.717) is 18.0 Å². The Balaban J connectivity index is 2.07. The van der Waals surface area contributed by atoms with Gasteiger partial charge in [-0.25, -0.2) is 0 Å². The number of methoxy groups -OCH3 is 2. The van der Waals surface area contributed by atoms with E-state index in [2.05, 4.69) is 32.2 Å². The van der Waals surface area contributed by atoms with Gasteiger partial charge in [0.15, 0.2) is 0 Å². The van der Waals surface area contributed by atoms with Gasteiger partial charge in [-0.15, -0.1) is 11.3 Å². The van der Waals surface area contributed by atoms with Crippen molar-refractivity contribution in [3.05, 3.63) is 45.1 Å². The molecule has 5 heteroatoms. The molecule has 0 aliphatic heterocycles. The fourth-order valence-electron chi connectivity index (χ4n) is 2.69. The summed E-state index contributed by atoms with van der Waals surface area (Å²) in [4.78, 5) is 2.62. The van der Waals surface area contributed by atoms with Crippen molar-refractivity contribution >= 4 is 11.3 Å². The van der Waals surface area contributed by atoms with Gasteiger partial charge in [0.2, 0.25) is 0 Å². The highest BCUT2D eigenvalue weighted by atomic mass is 32.1. The molecule has 1 aromatic heterocycles. The Hall–Kier alpha value is -1.56. The number of aliphatic hydroxyl groups is 1. The third-order valence-electron chi connectivity index (χ3n) is 3.96. The minimum atomic E-state index is -0.664. The van der Waals surface area contributed by atoms with Gasteiger partial charge < -0.3 is 19.9 Å². The molecule has 1 aromatic carbocycles. The average molecular weight is 335 g/mol. The van der Waals surface area contributed by atoms with E-state index in [-0.39, 0.29) is 6.04 Å². The zero-order valence-electron chi connectivity index (χ0n) is 14.3. The Labute approximate surface area is 142 Å². The van der Waals surface area contributed by atoms with E-state index in [1.807, 2.05) is 18.2 Å². The SMILES string of the molecule is COc1ccc(OC)c(C(O)CNC(C)c2cc(C)sc2C)c1. The van der Waals surface area contributed by atoms with E-state index in [1.54, 1.807) is 25.6 Å². The monoisotopic (exact) mass is 335 g/mol. The van der Waals surface area contributed by atoms with Crippen molar-refractivity contribution in [1.29, 1.82) is 0 Å². The molecular formula is C18H25NO3S. The molecule has 0 spiro atoms. The van der Waals surface area contributed by atoms with E-state index in [0.717, 1.165) is 5.56 Å². The van der Waals surface area contributed by atoms with Gasteiger partial charge in [-0.3, -0.25) is 0 Å². The van der Waals surface area contributed by atoms with Gasteiger partial charge in [0.25, 0.3) is 0 Å². The summed E-state index contributed by atoms with van der Waals surface area (Å²) in [5, 5.41) is 13.9. The van der Waals surface area contributed by atoms with Crippen LogP contribution in [-0.4, -0.2) is 25.9 Å². The minimum absolute atomic E-state index is 0.186. The second-order valence-corrected chi connectivity index (χ2v) is 7.08. The summed E-state index contributed by atoms with van der Waals surface area (Å²) in [6, 6.07) is 7.84. The number of benzene rings is 1. The molecule has 2 aromatic rings. The van der Waals surface area contributed by atoms with Gasteiger partial charge in [0.05, 0.1) is 20.3 Å². The Morgan fingerprint density at radius 3 is 2.43 bits per heavy atom. The first-order valence-corrected chi connectivity index (χ1v) is 8.48. The fraction of sp³-hybridized carbons (Fsp3) is 0.444. The predicted molar refractivity (Wildman–Crippen MR) is 94.7 cm³/mol. The quantitative estimate of drug-likeness (QED) is 0.809. The van der Waals surface area contributed by atoms with Crippen LogP contribution in [0, 0.1) is 13.8 Å². The Bertz CT molecular complexity index is 654. The van der Waals surface area contributed by atoms with Gasteiger partial charge in [0.1, 0.15) is 11.5 Å². The molecule has 126 valence electrons. The molecule has 2 atom stereocenters. The normalized spacial score (nSPS) is 13.7. The van der Waals surface area contributed by atoms with Crippen molar-refractivity contribution in [3.8, 4) is 11.5 Å². The minimum Gasteiger partial charge on any atom is -0.497 e. The molecule has 2 N–H and O–H groups in total. The Morgan fingerprint density at radius 2 is 1.87 bits per heavy atom. The molecule has 0 saturated heterocycles. The summed E-state index contributed by atoms with van der Waals surface area (Å²) in [5.74, 6) is 1.37. The number of aliphatic hydroxyl groups excluding tert-OH is 1. The summed E-state index contributed by atoms with van der Waals surface area (Å²) >= 11 is 1.80. The highest BCUT2D eigenvalue weighted by Crippen LogP contribution is 2.30. The van der Waals surface area contributed by atoms with E-state index in [1.165, 1.54) is 15.3 Å². The van der Waals surface area contributed by atoms with Gasteiger partial charge in [-0.2, -0.15) is 0 Å². The van der Waals surface area contributed by atoms with Crippen LogP contribution < -0.4 is 14.8 Å². The van der Waals surface area contributed by atoms with Crippen molar-refractivity contribution in [3.63, 3.8) is 0 Å².